The third kappa shape index (κ3) is 3.55. The lowest BCUT2D eigenvalue weighted by atomic mass is 10.2. The summed E-state index contributed by atoms with van der Waals surface area (Å²) in [6, 6.07) is 15.9. The first-order valence-corrected chi connectivity index (χ1v) is 6.21. The third-order valence-corrected chi connectivity index (χ3v) is 2.90. The van der Waals surface area contributed by atoms with Crippen LogP contribution >= 0.6 is 12.4 Å². The molecule has 3 nitrogen and oxygen atoms in total. The minimum Gasteiger partial charge on any atom is -0.278 e. The Morgan fingerprint density at radius 3 is 2.76 bits per heavy atom. The van der Waals surface area contributed by atoms with E-state index in [0.717, 1.165) is 16.6 Å². The summed E-state index contributed by atoms with van der Waals surface area (Å²) in [7, 11) is 0. The summed E-state index contributed by atoms with van der Waals surface area (Å²) in [4.78, 5) is 4.28. The molecule has 3 rings (SSSR count). The Morgan fingerprint density at radius 1 is 1.05 bits per heavy atom. The maximum Gasteiger partial charge on any atom is 0.123 e. The first-order valence-electron chi connectivity index (χ1n) is 6.21. The number of rotatable bonds is 3. The van der Waals surface area contributed by atoms with E-state index in [4.69, 9.17) is 0 Å². The Kier molecular flexibility index (Phi) is 4.85. The van der Waals surface area contributed by atoms with Gasteiger partial charge < -0.3 is 0 Å². The van der Waals surface area contributed by atoms with E-state index in [9.17, 15) is 4.39 Å². The molecular formula is C16H13ClFN3. The van der Waals surface area contributed by atoms with Gasteiger partial charge in [0.05, 0.1) is 17.4 Å². The summed E-state index contributed by atoms with van der Waals surface area (Å²) in [5.74, 6) is -0.275. The standard InChI is InChI=1S/C16H12FN3.ClH/c17-13-5-3-4-12(10-13)11-19-20-16-8-9-18-15-7-2-1-6-14(15)16;/h1-11H,(H,18,20);1H. The zero-order valence-corrected chi connectivity index (χ0v) is 11.8. The van der Waals surface area contributed by atoms with E-state index in [-0.39, 0.29) is 18.2 Å². The van der Waals surface area contributed by atoms with Gasteiger partial charge in [-0.25, -0.2) is 4.39 Å². The first-order chi connectivity index (χ1) is 9.83. The molecule has 0 saturated carbocycles. The number of hydrogen-bond acceptors (Lipinski definition) is 3. The van der Waals surface area contributed by atoms with Gasteiger partial charge in [0.2, 0.25) is 0 Å². The molecule has 3 aromatic rings. The predicted octanol–water partition coefficient (Wildman–Crippen LogP) is 4.24. The summed E-state index contributed by atoms with van der Waals surface area (Å²) in [5.41, 5.74) is 5.43. The smallest absolute Gasteiger partial charge is 0.123 e. The van der Waals surface area contributed by atoms with Crippen LogP contribution in [0.5, 0.6) is 0 Å². The molecule has 21 heavy (non-hydrogen) atoms. The SMILES string of the molecule is Cl.Fc1cccc(C=NNc2ccnc3ccccc23)c1. The van der Waals surface area contributed by atoms with Gasteiger partial charge in [-0.05, 0) is 29.8 Å². The molecule has 0 radical (unpaired) electrons. The lowest BCUT2D eigenvalue weighted by Gasteiger charge is -2.04. The van der Waals surface area contributed by atoms with Crippen LogP contribution in [0.2, 0.25) is 0 Å². The zero-order chi connectivity index (χ0) is 13.8. The van der Waals surface area contributed by atoms with Gasteiger partial charge in [0.25, 0.3) is 0 Å². The fourth-order valence-electron chi connectivity index (χ4n) is 1.96. The molecule has 5 heteroatoms. The normalized spacial score (nSPS) is 10.5. The van der Waals surface area contributed by atoms with Gasteiger partial charge in [0.1, 0.15) is 5.82 Å². The molecule has 1 heterocycles. The quantitative estimate of drug-likeness (QED) is 0.580. The lowest BCUT2D eigenvalue weighted by molar-refractivity contribution is 0.627. The maximum atomic E-state index is 13.0. The van der Waals surface area contributed by atoms with Crippen molar-refractivity contribution in [2.75, 3.05) is 5.43 Å². The average molecular weight is 302 g/mol. The molecule has 1 N–H and O–H groups in total. The van der Waals surface area contributed by atoms with Gasteiger partial charge in [-0.15, -0.1) is 12.4 Å². The van der Waals surface area contributed by atoms with E-state index < -0.39 is 0 Å². The zero-order valence-electron chi connectivity index (χ0n) is 11.0. The Labute approximate surface area is 127 Å². The second-order valence-corrected chi connectivity index (χ2v) is 4.30. The lowest BCUT2D eigenvalue weighted by Crippen LogP contribution is -1.93. The van der Waals surface area contributed by atoms with Crippen molar-refractivity contribution in [2.45, 2.75) is 0 Å². The average Bonchev–Trinajstić information content (AvgIpc) is 2.48. The van der Waals surface area contributed by atoms with Gasteiger partial charge in [0.15, 0.2) is 0 Å². The first kappa shape index (κ1) is 14.9. The molecule has 0 amide bonds. The van der Waals surface area contributed by atoms with Crippen LogP contribution in [0.25, 0.3) is 10.9 Å². The fourth-order valence-corrected chi connectivity index (χ4v) is 1.96. The number of nitrogens with one attached hydrogen (secondary N) is 1. The molecule has 0 aliphatic heterocycles. The Hall–Kier alpha value is -2.46. The van der Waals surface area contributed by atoms with E-state index in [0.29, 0.717) is 5.56 Å². The largest absolute Gasteiger partial charge is 0.278 e. The van der Waals surface area contributed by atoms with Crippen LogP contribution in [0.1, 0.15) is 5.56 Å². The molecule has 0 fully saturated rings. The van der Waals surface area contributed by atoms with E-state index in [1.165, 1.54) is 12.1 Å². The van der Waals surface area contributed by atoms with Crippen LogP contribution in [0, 0.1) is 5.82 Å². The Morgan fingerprint density at radius 2 is 1.90 bits per heavy atom. The predicted molar refractivity (Wildman–Crippen MR) is 86.6 cm³/mol. The van der Waals surface area contributed by atoms with Crippen molar-refractivity contribution < 1.29 is 4.39 Å². The molecule has 0 aliphatic carbocycles. The molecule has 0 unspecified atom stereocenters. The van der Waals surface area contributed by atoms with Crippen molar-refractivity contribution in [1.29, 1.82) is 0 Å². The highest BCUT2D eigenvalue weighted by Gasteiger charge is 1.99. The van der Waals surface area contributed by atoms with Gasteiger partial charge >= 0.3 is 0 Å². The highest BCUT2D eigenvalue weighted by atomic mass is 35.5. The number of halogens is 2. The van der Waals surface area contributed by atoms with Crippen molar-refractivity contribution in [3.8, 4) is 0 Å². The number of benzene rings is 2. The summed E-state index contributed by atoms with van der Waals surface area (Å²) in [6.07, 6.45) is 3.31. The number of fused-ring (bicyclic) bond motifs is 1. The van der Waals surface area contributed by atoms with Crippen LogP contribution in [0.4, 0.5) is 10.1 Å². The maximum absolute atomic E-state index is 13.0. The fraction of sp³-hybridized carbons (Fsp3) is 0. The highest BCUT2D eigenvalue weighted by molar-refractivity contribution is 5.91. The van der Waals surface area contributed by atoms with Crippen LogP contribution in [0.15, 0.2) is 65.9 Å². The Balaban J connectivity index is 0.00000161. The van der Waals surface area contributed by atoms with E-state index in [1.807, 2.05) is 30.3 Å². The number of pyridine rings is 1. The van der Waals surface area contributed by atoms with Gasteiger partial charge in [0, 0.05) is 11.6 Å². The van der Waals surface area contributed by atoms with Crippen LogP contribution in [-0.4, -0.2) is 11.2 Å². The van der Waals surface area contributed by atoms with Gasteiger partial charge in [-0.2, -0.15) is 5.10 Å². The number of hydrogen-bond donors (Lipinski definition) is 1. The molecule has 106 valence electrons. The minimum absolute atomic E-state index is 0. The van der Waals surface area contributed by atoms with Gasteiger partial charge in [-0.1, -0.05) is 30.3 Å². The van der Waals surface area contributed by atoms with Crippen molar-refractivity contribution in [2.24, 2.45) is 5.10 Å². The molecule has 0 spiro atoms. The van der Waals surface area contributed by atoms with Gasteiger partial charge in [-0.3, -0.25) is 10.4 Å². The molecule has 0 atom stereocenters. The number of para-hydroxylation sites is 1. The molecular weight excluding hydrogens is 289 g/mol. The summed E-state index contributed by atoms with van der Waals surface area (Å²) in [6.45, 7) is 0. The summed E-state index contributed by atoms with van der Waals surface area (Å²) >= 11 is 0. The van der Waals surface area contributed by atoms with E-state index in [1.54, 1.807) is 24.5 Å². The molecule has 0 aliphatic rings. The van der Waals surface area contributed by atoms with Crippen LogP contribution < -0.4 is 5.43 Å². The van der Waals surface area contributed by atoms with Crippen LogP contribution in [0.3, 0.4) is 0 Å². The topological polar surface area (TPSA) is 37.3 Å². The minimum atomic E-state index is -0.275. The second kappa shape index (κ2) is 6.81. The molecule has 1 aromatic heterocycles. The number of aromatic nitrogens is 1. The van der Waals surface area contributed by atoms with E-state index >= 15 is 0 Å². The Bertz CT molecular complexity index is 769. The number of anilines is 1. The summed E-state index contributed by atoms with van der Waals surface area (Å²) < 4.78 is 13.0. The van der Waals surface area contributed by atoms with Crippen molar-refractivity contribution in [1.82, 2.24) is 4.98 Å². The van der Waals surface area contributed by atoms with Crippen molar-refractivity contribution in [3.05, 3.63) is 72.2 Å². The number of hydrazone groups is 1. The summed E-state index contributed by atoms with van der Waals surface area (Å²) in [5, 5.41) is 5.13. The van der Waals surface area contributed by atoms with Crippen molar-refractivity contribution in [3.63, 3.8) is 0 Å². The monoisotopic (exact) mass is 301 g/mol. The number of nitrogens with zero attached hydrogens (tertiary/aromatic N) is 2. The highest BCUT2D eigenvalue weighted by Crippen LogP contribution is 2.20. The molecule has 2 aromatic carbocycles. The molecule has 0 bridgehead atoms. The van der Waals surface area contributed by atoms with E-state index in [2.05, 4.69) is 15.5 Å². The van der Waals surface area contributed by atoms with Crippen molar-refractivity contribution >= 4 is 35.2 Å². The third-order valence-electron chi connectivity index (χ3n) is 2.90. The van der Waals surface area contributed by atoms with Crippen LogP contribution in [-0.2, 0) is 0 Å². The molecule has 0 saturated heterocycles. The second-order valence-electron chi connectivity index (χ2n) is 4.30.